The first-order chi connectivity index (χ1) is 7.41. The minimum absolute atomic E-state index is 0.0741. The minimum Gasteiger partial charge on any atom is -0.595 e. The highest BCUT2D eigenvalue weighted by molar-refractivity contribution is 5.72. The van der Waals surface area contributed by atoms with Gasteiger partial charge in [-0.3, -0.25) is 4.79 Å². The summed E-state index contributed by atoms with van der Waals surface area (Å²) in [7, 11) is 0. The summed E-state index contributed by atoms with van der Waals surface area (Å²) in [6, 6.07) is 3.32. The number of carboxylic acids is 1. The normalized spacial score (nSPS) is 14.5. The van der Waals surface area contributed by atoms with E-state index in [0.717, 1.165) is 6.07 Å². The summed E-state index contributed by atoms with van der Waals surface area (Å²) < 4.78 is 0. The van der Waals surface area contributed by atoms with E-state index in [1.165, 1.54) is 12.1 Å². The number of aliphatic carboxylic acids is 1. The average molecular weight is 230 g/mol. The van der Waals surface area contributed by atoms with Crippen LogP contribution in [0.4, 0.5) is 11.4 Å². The zero-order valence-corrected chi connectivity index (χ0v) is 8.01. The summed E-state index contributed by atoms with van der Waals surface area (Å²) in [4.78, 5) is 10.5. The van der Waals surface area contributed by atoms with E-state index in [4.69, 9.17) is 15.5 Å². The number of hydrogen-bond donors (Lipinski definition) is 5. The summed E-state index contributed by atoms with van der Waals surface area (Å²) in [6.07, 6.45) is -0.457. The van der Waals surface area contributed by atoms with Gasteiger partial charge < -0.3 is 15.5 Å². The molecule has 0 aliphatic carbocycles. The summed E-state index contributed by atoms with van der Waals surface area (Å²) in [5.41, 5.74) is -0.418. The van der Waals surface area contributed by atoms with E-state index in [2.05, 4.69) is 0 Å². The van der Waals surface area contributed by atoms with Gasteiger partial charge in [0.15, 0.2) is 11.4 Å². The third-order valence-corrected chi connectivity index (χ3v) is 1.93. The fourth-order valence-electron chi connectivity index (χ4n) is 1.23. The molecule has 0 aliphatic heterocycles. The lowest BCUT2D eigenvalue weighted by Crippen LogP contribution is -3.01. The van der Waals surface area contributed by atoms with Crippen LogP contribution in [0.5, 0.6) is 0 Å². The molecule has 8 heteroatoms. The molecule has 0 aromatic heterocycles. The van der Waals surface area contributed by atoms with Crippen LogP contribution in [0.25, 0.3) is 0 Å². The molecule has 16 heavy (non-hydrogen) atoms. The van der Waals surface area contributed by atoms with Crippen molar-refractivity contribution in [2.75, 3.05) is 0 Å². The van der Waals surface area contributed by atoms with Crippen molar-refractivity contribution in [1.82, 2.24) is 0 Å². The van der Waals surface area contributed by atoms with Crippen molar-refractivity contribution >= 4 is 17.3 Å². The predicted molar refractivity (Wildman–Crippen MR) is 49.3 cm³/mol. The van der Waals surface area contributed by atoms with Crippen LogP contribution in [-0.2, 0) is 11.2 Å². The lowest BCUT2D eigenvalue weighted by atomic mass is 10.1. The second-order valence-electron chi connectivity index (χ2n) is 3.05. The maximum atomic E-state index is 10.8. The van der Waals surface area contributed by atoms with Gasteiger partial charge in [-0.25, -0.2) is 10.4 Å². The molecule has 2 atom stereocenters. The van der Waals surface area contributed by atoms with E-state index >= 15 is 0 Å². The van der Waals surface area contributed by atoms with Gasteiger partial charge in [0.25, 0.3) is 0 Å². The fraction of sp³-hybridized carbons (Fsp3) is 0.125. The van der Waals surface area contributed by atoms with E-state index in [0.29, 0.717) is 0 Å². The van der Waals surface area contributed by atoms with E-state index in [-0.39, 0.29) is 16.9 Å². The number of nitrogens with one attached hydrogen (secondary N) is 2. The Kier molecular flexibility index (Phi) is 3.90. The Morgan fingerprint density at radius 3 is 2.31 bits per heavy atom. The zero-order chi connectivity index (χ0) is 12.3. The Balaban J connectivity index is 3.14. The number of hydrogen-bond acceptors (Lipinski definition) is 5. The van der Waals surface area contributed by atoms with Crippen LogP contribution >= 0.6 is 0 Å². The standard InChI is InChI=1S/C8H10N2O6/c11-8(12)3-5-1-2-6(9(13)14)4-7(5)10(15)16/h1-2,4,9-10,13,15H,3H2,(H,11,12). The smallest absolute Gasteiger partial charge is 0.308 e. The Morgan fingerprint density at radius 1 is 1.25 bits per heavy atom. The summed E-state index contributed by atoms with van der Waals surface area (Å²) >= 11 is 0. The van der Waals surface area contributed by atoms with Crippen LogP contribution in [0.3, 0.4) is 0 Å². The molecular weight excluding hydrogens is 220 g/mol. The fourth-order valence-corrected chi connectivity index (χ4v) is 1.23. The number of carboxylic acid groups (broad SMARTS) is 1. The first kappa shape index (κ1) is 12.5. The van der Waals surface area contributed by atoms with Crippen LogP contribution in [0, 0.1) is 10.4 Å². The number of carbonyl (C=O) groups is 1. The monoisotopic (exact) mass is 230 g/mol. The van der Waals surface area contributed by atoms with Crippen molar-refractivity contribution in [3.8, 4) is 0 Å². The largest absolute Gasteiger partial charge is 0.595 e. The topological polar surface area (TPSA) is 133 Å². The van der Waals surface area contributed by atoms with E-state index in [1.807, 2.05) is 0 Å². The lowest BCUT2D eigenvalue weighted by molar-refractivity contribution is -0.996. The van der Waals surface area contributed by atoms with Gasteiger partial charge in [-0.05, 0) is 6.07 Å². The SMILES string of the molecule is O=C(O)Cc1ccc([NH+]([O-])O)cc1[NH+]([O-])O. The molecule has 0 amide bonds. The molecular formula is C8H10N2O6. The second-order valence-corrected chi connectivity index (χ2v) is 3.05. The van der Waals surface area contributed by atoms with Gasteiger partial charge in [0.2, 0.25) is 0 Å². The molecule has 5 N–H and O–H groups in total. The first-order valence-electron chi connectivity index (χ1n) is 4.23. The Bertz CT molecular complexity index is 392. The number of rotatable bonds is 4. The molecule has 0 saturated heterocycles. The molecule has 88 valence electrons. The van der Waals surface area contributed by atoms with Crippen LogP contribution in [0.2, 0.25) is 0 Å². The maximum absolute atomic E-state index is 10.8. The Morgan fingerprint density at radius 2 is 1.88 bits per heavy atom. The molecule has 0 radical (unpaired) electrons. The molecule has 0 bridgehead atoms. The zero-order valence-electron chi connectivity index (χ0n) is 8.01. The van der Waals surface area contributed by atoms with E-state index in [9.17, 15) is 15.2 Å². The highest BCUT2D eigenvalue weighted by Crippen LogP contribution is 2.15. The van der Waals surface area contributed by atoms with Crippen LogP contribution in [0.15, 0.2) is 18.2 Å². The van der Waals surface area contributed by atoms with Crippen LogP contribution in [-0.4, -0.2) is 21.5 Å². The highest BCUT2D eigenvalue weighted by atomic mass is 16.8. The van der Waals surface area contributed by atoms with Crippen molar-refractivity contribution in [3.63, 3.8) is 0 Å². The minimum atomic E-state index is -1.35. The Labute approximate surface area is 89.6 Å². The quantitative estimate of drug-likeness (QED) is 0.384. The second kappa shape index (κ2) is 4.99. The van der Waals surface area contributed by atoms with E-state index in [1.54, 1.807) is 0 Å². The first-order valence-corrected chi connectivity index (χ1v) is 4.23. The third-order valence-electron chi connectivity index (χ3n) is 1.93. The van der Waals surface area contributed by atoms with Gasteiger partial charge in [0.1, 0.15) is 0 Å². The maximum Gasteiger partial charge on any atom is 0.308 e. The van der Waals surface area contributed by atoms with Crippen molar-refractivity contribution in [2.45, 2.75) is 6.42 Å². The molecule has 0 aliphatic rings. The molecule has 1 aromatic carbocycles. The number of benzene rings is 1. The summed E-state index contributed by atoms with van der Waals surface area (Å²) in [6.45, 7) is 0. The van der Waals surface area contributed by atoms with E-state index < -0.39 is 22.8 Å². The van der Waals surface area contributed by atoms with Gasteiger partial charge in [-0.2, -0.15) is 10.5 Å². The van der Waals surface area contributed by atoms with Gasteiger partial charge in [0, 0.05) is 11.6 Å². The molecule has 0 heterocycles. The summed E-state index contributed by atoms with van der Waals surface area (Å²) in [5, 5.41) is 44.8. The van der Waals surface area contributed by atoms with Crippen molar-refractivity contribution in [2.24, 2.45) is 0 Å². The van der Waals surface area contributed by atoms with Gasteiger partial charge in [-0.15, -0.1) is 0 Å². The van der Waals surface area contributed by atoms with Crippen molar-refractivity contribution in [3.05, 3.63) is 34.2 Å². The van der Waals surface area contributed by atoms with Gasteiger partial charge >= 0.3 is 5.97 Å². The molecule has 8 nitrogen and oxygen atoms in total. The molecule has 0 fully saturated rings. The van der Waals surface area contributed by atoms with Crippen LogP contribution in [0.1, 0.15) is 5.56 Å². The van der Waals surface area contributed by atoms with Crippen molar-refractivity contribution < 1.29 is 30.8 Å². The third kappa shape index (κ3) is 2.97. The molecule has 1 aromatic rings. The molecule has 0 saturated carbocycles. The molecule has 1 rings (SSSR count). The summed E-state index contributed by atoms with van der Waals surface area (Å²) in [5.74, 6) is -1.18. The van der Waals surface area contributed by atoms with Crippen molar-refractivity contribution in [1.29, 1.82) is 0 Å². The van der Waals surface area contributed by atoms with Gasteiger partial charge in [0.05, 0.1) is 12.5 Å². The Hall–Kier alpha value is -1.55. The predicted octanol–water partition coefficient (Wildman–Crippen LogP) is -1.88. The molecule has 0 spiro atoms. The number of quaternary nitrogens is 2. The van der Waals surface area contributed by atoms with Crippen LogP contribution < -0.4 is 10.5 Å². The lowest BCUT2D eigenvalue weighted by Gasteiger charge is -2.17. The highest BCUT2D eigenvalue weighted by Gasteiger charge is 2.15. The molecule has 2 unspecified atom stereocenters. The average Bonchev–Trinajstić information content (AvgIpc) is 2.16. The van der Waals surface area contributed by atoms with Gasteiger partial charge in [-0.1, -0.05) is 0 Å².